The summed E-state index contributed by atoms with van der Waals surface area (Å²) >= 11 is 0. The summed E-state index contributed by atoms with van der Waals surface area (Å²) in [6, 6.07) is 0.175. The van der Waals surface area contributed by atoms with Gasteiger partial charge in [-0.1, -0.05) is 13.8 Å². The molecule has 1 rings (SSSR count). The van der Waals surface area contributed by atoms with E-state index in [4.69, 9.17) is 9.47 Å². The number of carbonyl (C=O) groups is 1. The van der Waals surface area contributed by atoms with Gasteiger partial charge in [0, 0.05) is 19.1 Å². The summed E-state index contributed by atoms with van der Waals surface area (Å²) in [5, 5.41) is 6.17. The first-order valence-electron chi connectivity index (χ1n) is 6.72. The first-order chi connectivity index (χ1) is 8.49. The van der Waals surface area contributed by atoms with Gasteiger partial charge in [0.25, 0.3) is 0 Å². The van der Waals surface area contributed by atoms with Crippen LogP contribution in [0.5, 0.6) is 0 Å². The Labute approximate surface area is 110 Å². The Bertz CT molecular complexity index is 259. The molecule has 0 aromatic rings. The van der Waals surface area contributed by atoms with Crippen molar-refractivity contribution in [2.45, 2.75) is 45.9 Å². The fourth-order valence-electron chi connectivity index (χ4n) is 1.72. The number of hydrogen-bond acceptors (Lipinski definition) is 4. The third-order valence-electron chi connectivity index (χ3n) is 3.15. The molecule has 5 nitrogen and oxygen atoms in total. The summed E-state index contributed by atoms with van der Waals surface area (Å²) < 4.78 is 11.1. The third kappa shape index (κ3) is 5.80. The minimum Gasteiger partial charge on any atom is -0.370 e. The lowest BCUT2D eigenvalue weighted by Crippen LogP contribution is -2.46. The molecule has 1 saturated heterocycles. The van der Waals surface area contributed by atoms with E-state index in [0.717, 1.165) is 13.1 Å². The predicted octanol–water partition coefficient (Wildman–Crippen LogP) is 0.541. The Morgan fingerprint density at radius 3 is 2.78 bits per heavy atom. The average molecular weight is 258 g/mol. The number of amides is 1. The second kappa shape index (κ2) is 7.71. The van der Waals surface area contributed by atoms with E-state index in [9.17, 15) is 4.79 Å². The molecular weight excluding hydrogens is 232 g/mol. The highest BCUT2D eigenvalue weighted by atomic mass is 16.5. The van der Waals surface area contributed by atoms with Gasteiger partial charge in [-0.15, -0.1) is 0 Å². The minimum absolute atomic E-state index is 0.0454. The lowest BCUT2D eigenvalue weighted by molar-refractivity contribution is -0.129. The quantitative estimate of drug-likeness (QED) is 0.730. The fourth-order valence-corrected chi connectivity index (χ4v) is 1.72. The molecular formula is C13H26N2O3. The Morgan fingerprint density at radius 1 is 1.44 bits per heavy atom. The number of nitrogens with one attached hydrogen (secondary N) is 2. The topological polar surface area (TPSA) is 59.6 Å². The van der Waals surface area contributed by atoms with E-state index in [0.29, 0.717) is 12.5 Å². The molecule has 1 amide bonds. The standard InChI is InChI=1S/C13H26N2O3/c1-9(2)11(4)15-13(16)8-17-7-12-6-14-5-10(3)18-12/h9-12,14H,5-8H2,1-4H3,(H,15,16). The lowest BCUT2D eigenvalue weighted by Gasteiger charge is -2.28. The molecule has 1 fully saturated rings. The summed E-state index contributed by atoms with van der Waals surface area (Å²) in [5.74, 6) is 0.369. The van der Waals surface area contributed by atoms with Gasteiger partial charge in [0.2, 0.25) is 5.91 Å². The average Bonchev–Trinajstić information content (AvgIpc) is 2.28. The highest BCUT2D eigenvalue weighted by Crippen LogP contribution is 2.03. The van der Waals surface area contributed by atoms with Crippen molar-refractivity contribution in [2.75, 3.05) is 26.3 Å². The monoisotopic (exact) mass is 258 g/mol. The van der Waals surface area contributed by atoms with Crippen molar-refractivity contribution < 1.29 is 14.3 Å². The molecule has 18 heavy (non-hydrogen) atoms. The molecule has 0 bridgehead atoms. The van der Waals surface area contributed by atoms with Gasteiger partial charge < -0.3 is 20.1 Å². The third-order valence-corrected chi connectivity index (χ3v) is 3.15. The SMILES string of the molecule is CC1CNCC(COCC(=O)NC(C)C(C)C)O1. The minimum atomic E-state index is -0.0620. The molecule has 1 aliphatic heterocycles. The molecule has 3 atom stereocenters. The van der Waals surface area contributed by atoms with Gasteiger partial charge in [-0.05, 0) is 19.8 Å². The van der Waals surface area contributed by atoms with E-state index >= 15 is 0 Å². The van der Waals surface area contributed by atoms with Crippen molar-refractivity contribution in [1.82, 2.24) is 10.6 Å². The van der Waals surface area contributed by atoms with E-state index < -0.39 is 0 Å². The number of hydrogen-bond donors (Lipinski definition) is 2. The van der Waals surface area contributed by atoms with Gasteiger partial charge in [-0.25, -0.2) is 0 Å². The van der Waals surface area contributed by atoms with Crippen molar-refractivity contribution in [3.8, 4) is 0 Å². The fraction of sp³-hybridized carbons (Fsp3) is 0.923. The van der Waals surface area contributed by atoms with Crippen LogP contribution in [0.1, 0.15) is 27.7 Å². The number of ether oxygens (including phenoxy) is 2. The second-order valence-electron chi connectivity index (χ2n) is 5.34. The zero-order valence-corrected chi connectivity index (χ0v) is 11.9. The number of morpholine rings is 1. The van der Waals surface area contributed by atoms with Crippen LogP contribution in [0.4, 0.5) is 0 Å². The van der Waals surface area contributed by atoms with Crippen LogP contribution in [0, 0.1) is 5.92 Å². The molecule has 0 spiro atoms. The van der Waals surface area contributed by atoms with E-state index in [1.165, 1.54) is 0 Å². The van der Waals surface area contributed by atoms with Gasteiger partial charge in [-0.3, -0.25) is 4.79 Å². The van der Waals surface area contributed by atoms with Crippen molar-refractivity contribution in [1.29, 1.82) is 0 Å². The molecule has 3 unspecified atom stereocenters. The van der Waals surface area contributed by atoms with Crippen LogP contribution in [-0.2, 0) is 14.3 Å². The van der Waals surface area contributed by atoms with Crippen molar-refractivity contribution in [2.24, 2.45) is 5.92 Å². The van der Waals surface area contributed by atoms with Gasteiger partial charge in [0.1, 0.15) is 6.61 Å². The van der Waals surface area contributed by atoms with Gasteiger partial charge in [0.05, 0.1) is 18.8 Å². The Kier molecular flexibility index (Phi) is 6.60. The Balaban J connectivity index is 2.11. The summed E-state index contributed by atoms with van der Waals surface area (Å²) in [6.07, 6.45) is 0.256. The highest BCUT2D eigenvalue weighted by Gasteiger charge is 2.19. The first-order valence-corrected chi connectivity index (χ1v) is 6.72. The molecule has 0 aromatic heterocycles. The molecule has 0 saturated carbocycles. The highest BCUT2D eigenvalue weighted by molar-refractivity contribution is 5.77. The number of carbonyl (C=O) groups excluding carboxylic acids is 1. The van der Waals surface area contributed by atoms with Crippen LogP contribution in [0.15, 0.2) is 0 Å². The van der Waals surface area contributed by atoms with Gasteiger partial charge >= 0.3 is 0 Å². The molecule has 0 aliphatic carbocycles. The summed E-state index contributed by atoms with van der Waals surface area (Å²) in [6.45, 7) is 10.4. The van der Waals surface area contributed by atoms with Crippen molar-refractivity contribution in [3.63, 3.8) is 0 Å². The van der Waals surface area contributed by atoms with Gasteiger partial charge in [0.15, 0.2) is 0 Å². The molecule has 5 heteroatoms. The van der Waals surface area contributed by atoms with Crippen LogP contribution >= 0.6 is 0 Å². The lowest BCUT2D eigenvalue weighted by atomic mass is 10.1. The smallest absolute Gasteiger partial charge is 0.246 e. The van der Waals surface area contributed by atoms with E-state index in [1.54, 1.807) is 0 Å². The van der Waals surface area contributed by atoms with Gasteiger partial charge in [-0.2, -0.15) is 0 Å². The maximum absolute atomic E-state index is 11.6. The number of rotatable bonds is 6. The molecule has 1 aliphatic rings. The maximum Gasteiger partial charge on any atom is 0.246 e. The van der Waals surface area contributed by atoms with Crippen LogP contribution in [0.25, 0.3) is 0 Å². The Hall–Kier alpha value is -0.650. The second-order valence-corrected chi connectivity index (χ2v) is 5.34. The molecule has 1 heterocycles. The summed E-state index contributed by atoms with van der Waals surface area (Å²) in [5.41, 5.74) is 0. The van der Waals surface area contributed by atoms with Crippen molar-refractivity contribution >= 4 is 5.91 Å². The van der Waals surface area contributed by atoms with Crippen LogP contribution in [-0.4, -0.2) is 50.5 Å². The van der Waals surface area contributed by atoms with E-state index in [-0.39, 0.29) is 30.8 Å². The molecule has 0 aromatic carbocycles. The van der Waals surface area contributed by atoms with Crippen LogP contribution < -0.4 is 10.6 Å². The van der Waals surface area contributed by atoms with Crippen LogP contribution in [0.3, 0.4) is 0 Å². The predicted molar refractivity (Wildman–Crippen MR) is 70.5 cm³/mol. The molecule has 0 radical (unpaired) electrons. The molecule has 106 valence electrons. The maximum atomic E-state index is 11.6. The van der Waals surface area contributed by atoms with E-state index in [1.807, 2.05) is 13.8 Å². The zero-order valence-electron chi connectivity index (χ0n) is 11.9. The largest absolute Gasteiger partial charge is 0.370 e. The van der Waals surface area contributed by atoms with Crippen LogP contribution in [0.2, 0.25) is 0 Å². The summed E-state index contributed by atoms with van der Waals surface area (Å²) in [7, 11) is 0. The van der Waals surface area contributed by atoms with Crippen molar-refractivity contribution in [3.05, 3.63) is 0 Å². The normalized spacial score (nSPS) is 26.1. The first kappa shape index (κ1) is 15.4. The summed E-state index contributed by atoms with van der Waals surface area (Å²) in [4.78, 5) is 11.6. The molecule has 2 N–H and O–H groups in total. The Morgan fingerprint density at radius 2 is 2.17 bits per heavy atom. The van der Waals surface area contributed by atoms with E-state index in [2.05, 4.69) is 24.5 Å². The zero-order chi connectivity index (χ0) is 13.5.